The van der Waals surface area contributed by atoms with Crippen LogP contribution in [0.15, 0.2) is 65.7 Å². The Morgan fingerprint density at radius 1 is 1.03 bits per heavy atom. The number of aromatic hydroxyl groups is 1. The summed E-state index contributed by atoms with van der Waals surface area (Å²) in [6.07, 6.45) is 4.90. The number of carbonyl (C=O) groups is 1. The Labute approximate surface area is 168 Å². The third-order valence-electron chi connectivity index (χ3n) is 4.15. The molecule has 2 aromatic carbocycles. The Bertz CT molecular complexity index is 1190. The van der Waals surface area contributed by atoms with Crippen LogP contribution in [0.4, 0.5) is 5.82 Å². The van der Waals surface area contributed by atoms with E-state index in [1.54, 1.807) is 49.4 Å². The van der Waals surface area contributed by atoms with Crippen molar-refractivity contribution in [2.75, 3.05) is 4.72 Å². The number of carboxylic acids is 1. The van der Waals surface area contributed by atoms with Crippen molar-refractivity contribution in [3.05, 3.63) is 83.0 Å². The van der Waals surface area contributed by atoms with E-state index in [1.807, 2.05) is 0 Å². The molecular weight excluding hydrogens is 392 g/mol. The molecule has 0 amide bonds. The molecule has 7 nitrogen and oxygen atoms in total. The van der Waals surface area contributed by atoms with Crippen LogP contribution in [0.3, 0.4) is 0 Å². The van der Waals surface area contributed by atoms with E-state index in [-0.39, 0.29) is 22.0 Å². The predicted molar refractivity (Wildman–Crippen MR) is 110 cm³/mol. The first kappa shape index (κ1) is 20.1. The van der Waals surface area contributed by atoms with Crippen LogP contribution >= 0.6 is 0 Å². The van der Waals surface area contributed by atoms with Crippen molar-refractivity contribution >= 4 is 34.0 Å². The van der Waals surface area contributed by atoms with E-state index in [1.165, 1.54) is 30.5 Å². The first-order chi connectivity index (χ1) is 13.8. The molecule has 3 N–H and O–H groups in total. The van der Waals surface area contributed by atoms with Crippen molar-refractivity contribution < 1.29 is 23.4 Å². The molecule has 1 aromatic heterocycles. The van der Waals surface area contributed by atoms with E-state index in [0.717, 1.165) is 5.56 Å². The molecule has 0 aliphatic rings. The predicted octanol–water partition coefficient (Wildman–Crippen LogP) is 3.77. The second-order valence-electron chi connectivity index (χ2n) is 6.26. The van der Waals surface area contributed by atoms with Gasteiger partial charge >= 0.3 is 5.97 Å². The molecule has 0 saturated carbocycles. The normalized spacial score (nSPS) is 11.5. The smallest absolute Gasteiger partial charge is 0.339 e. The van der Waals surface area contributed by atoms with Crippen LogP contribution in [0.1, 0.15) is 27.0 Å². The van der Waals surface area contributed by atoms with Gasteiger partial charge in [-0.25, -0.2) is 18.2 Å². The van der Waals surface area contributed by atoms with Crippen LogP contribution in [0.5, 0.6) is 5.75 Å². The Kier molecular flexibility index (Phi) is 5.65. The van der Waals surface area contributed by atoms with Gasteiger partial charge in [-0.1, -0.05) is 36.4 Å². The molecule has 8 heteroatoms. The molecule has 0 radical (unpaired) electrons. The summed E-state index contributed by atoms with van der Waals surface area (Å²) in [4.78, 5) is 15.2. The molecule has 1 heterocycles. The van der Waals surface area contributed by atoms with Crippen LogP contribution in [0.25, 0.3) is 12.2 Å². The lowest BCUT2D eigenvalue weighted by molar-refractivity contribution is 0.0693. The number of benzene rings is 2. The fraction of sp³-hybridized carbons (Fsp3) is 0.0476. The van der Waals surface area contributed by atoms with Crippen LogP contribution < -0.4 is 4.72 Å². The minimum absolute atomic E-state index is 0.0949. The Hall–Kier alpha value is -3.65. The number of hydrogen-bond donors (Lipinski definition) is 3. The highest BCUT2D eigenvalue weighted by Crippen LogP contribution is 2.21. The highest BCUT2D eigenvalue weighted by Gasteiger charge is 2.15. The molecule has 0 aliphatic carbocycles. The fourth-order valence-electron chi connectivity index (χ4n) is 2.56. The standard InChI is InChI=1S/C21H18N2O5S/c1-14-3-2-12-22-20(14)23-29(27,28)17-9-6-15(7-10-17)4-5-16-8-11-19(24)18(13-16)21(25)26/h2-13,24H,1H3,(H,22,23)(H,25,26)/b5-4+. The quantitative estimate of drug-likeness (QED) is 0.533. The molecule has 148 valence electrons. The van der Waals surface area contributed by atoms with Crippen molar-refractivity contribution in [1.82, 2.24) is 4.98 Å². The number of anilines is 1. The molecule has 3 rings (SSSR count). The van der Waals surface area contributed by atoms with Gasteiger partial charge in [-0.2, -0.15) is 0 Å². The van der Waals surface area contributed by atoms with E-state index in [9.17, 15) is 18.3 Å². The lowest BCUT2D eigenvalue weighted by Crippen LogP contribution is -2.14. The molecule has 3 aromatic rings. The number of nitrogens with zero attached hydrogens (tertiary/aromatic N) is 1. The number of phenols is 1. The summed E-state index contributed by atoms with van der Waals surface area (Å²) in [5.41, 5.74) is 1.84. The molecule has 0 spiro atoms. The van der Waals surface area contributed by atoms with Crippen LogP contribution in [-0.4, -0.2) is 29.6 Å². The van der Waals surface area contributed by atoms with Crippen molar-refractivity contribution in [1.29, 1.82) is 0 Å². The topological polar surface area (TPSA) is 117 Å². The van der Waals surface area contributed by atoms with Gasteiger partial charge in [0.15, 0.2) is 0 Å². The van der Waals surface area contributed by atoms with Crippen LogP contribution in [-0.2, 0) is 10.0 Å². The number of sulfonamides is 1. The summed E-state index contributed by atoms with van der Waals surface area (Å²) in [5, 5.41) is 18.6. The average molecular weight is 410 g/mol. The zero-order valence-corrected chi connectivity index (χ0v) is 16.2. The second kappa shape index (κ2) is 8.15. The summed E-state index contributed by atoms with van der Waals surface area (Å²) in [7, 11) is -3.77. The van der Waals surface area contributed by atoms with Gasteiger partial charge in [-0.3, -0.25) is 4.72 Å². The lowest BCUT2D eigenvalue weighted by Gasteiger charge is -2.09. The summed E-state index contributed by atoms with van der Waals surface area (Å²) in [6, 6.07) is 13.9. The summed E-state index contributed by atoms with van der Waals surface area (Å²) in [5.74, 6) is -1.25. The zero-order valence-electron chi connectivity index (χ0n) is 15.4. The molecule has 0 fully saturated rings. The monoisotopic (exact) mass is 410 g/mol. The Morgan fingerprint density at radius 2 is 1.69 bits per heavy atom. The second-order valence-corrected chi connectivity index (χ2v) is 7.94. The van der Waals surface area contributed by atoms with Gasteiger partial charge in [0.05, 0.1) is 4.90 Å². The van der Waals surface area contributed by atoms with Gasteiger partial charge in [0.25, 0.3) is 10.0 Å². The number of pyridine rings is 1. The molecule has 0 atom stereocenters. The maximum Gasteiger partial charge on any atom is 0.339 e. The molecule has 0 unspecified atom stereocenters. The van der Waals surface area contributed by atoms with Crippen LogP contribution in [0.2, 0.25) is 0 Å². The summed E-state index contributed by atoms with van der Waals surface area (Å²) >= 11 is 0. The first-order valence-corrected chi connectivity index (χ1v) is 10.0. The molecule has 0 bridgehead atoms. The van der Waals surface area contributed by atoms with E-state index >= 15 is 0 Å². The van der Waals surface area contributed by atoms with Crippen molar-refractivity contribution in [3.8, 4) is 5.75 Å². The third kappa shape index (κ3) is 4.80. The number of aromatic nitrogens is 1. The van der Waals surface area contributed by atoms with Gasteiger partial charge in [0, 0.05) is 6.20 Å². The van der Waals surface area contributed by atoms with Crippen LogP contribution in [0, 0.1) is 6.92 Å². The van der Waals surface area contributed by atoms with E-state index in [4.69, 9.17) is 5.11 Å². The number of nitrogens with one attached hydrogen (secondary N) is 1. The molecule has 29 heavy (non-hydrogen) atoms. The number of aromatic carboxylic acids is 1. The van der Waals surface area contributed by atoms with Gasteiger partial charge in [0.1, 0.15) is 17.1 Å². The maximum atomic E-state index is 12.5. The highest BCUT2D eigenvalue weighted by atomic mass is 32.2. The minimum atomic E-state index is -3.77. The number of rotatable bonds is 6. The van der Waals surface area contributed by atoms with Gasteiger partial charge in [0.2, 0.25) is 0 Å². The highest BCUT2D eigenvalue weighted by molar-refractivity contribution is 7.92. The van der Waals surface area contributed by atoms with Gasteiger partial charge in [-0.15, -0.1) is 0 Å². The number of hydrogen-bond acceptors (Lipinski definition) is 5. The van der Waals surface area contributed by atoms with Gasteiger partial charge in [-0.05, 0) is 53.9 Å². The zero-order chi connectivity index (χ0) is 21.0. The van der Waals surface area contributed by atoms with E-state index < -0.39 is 16.0 Å². The molecule has 0 aliphatic heterocycles. The number of carboxylic acid groups (broad SMARTS) is 1. The van der Waals surface area contributed by atoms with Crippen molar-refractivity contribution in [2.45, 2.75) is 11.8 Å². The summed E-state index contributed by atoms with van der Waals surface area (Å²) < 4.78 is 27.5. The SMILES string of the molecule is Cc1cccnc1NS(=O)(=O)c1ccc(/C=C/c2ccc(O)c(C(=O)O)c2)cc1. The fourth-order valence-corrected chi connectivity index (χ4v) is 3.64. The molecule has 0 saturated heterocycles. The van der Waals surface area contributed by atoms with E-state index in [2.05, 4.69) is 9.71 Å². The average Bonchev–Trinajstić information content (AvgIpc) is 2.69. The summed E-state index contributed by atoms with van der Waals surface area (Å²) in [6.45, 7) is 1.76. The third-order valence-corrected chi connectivity index (χ3v) is 5.50. The molecular formula is C21H18N2O5S. The van der Waals surface area contributed by atoms with Crippen molar-refractivity contribution in [3.63, 3.8) is 0 Å². The lowest BCUT2D eigenvalue weighted by atomic mass is 10.1. The largest absolute Gasteiger partial charge is 0.507 e. The number of aryl methyl sites for hydroxylation is 1. The first-order valence-electron chi connectivity index (χ1n) is 8.55. The van der Waals surface area contributed by atoms with E-state index in [0.29, 0.717) is 11.1 Å². The Morgan fingerprint density at radius 3 is 2.34 bits per heavy atom. The minimum Gasteiger partial charge on any atom is -0.507 e. The Balaban J connectivity index is 1.78. The maximum absolute atomic E-state index is 12.5. The van der Waals surface area contributed by atoms with Gasteiger partial charge < -0.3 is 10.2 Å². The van der Waals surface area contributed by atoms with Crippen molar-refractivity contribution in [2.24, 2.45) is 0 Å².